The molecule has 2 atom stereocenters. The van der Waals surface area contributed by atoms with Crippen LogP contribution in [0.25, 0.3) is 0 Å². The minimum absolute atomic E-state index is 0.330. The maximum atomic E-state index is 13.6. The fourth-order valence-electron chi connectivity index (χ4n) is 3.13. The van der Waals surface area contributed by atoms with Gasteiger partial charge in [-0.2, -0.15) is 0 Å². The Morgan fingerprint density at radius 2 is 1.85 bits per heavy atom. The predicted molar refractivity (Wildman–Crippen MR) is 80.0 cm³/mol. The highest BCUT2D eigenvalue weighted by molar-refractivity contribution is 5.20. The third kappa shape index (κ3) is 4.29. The van der Waals surface area contributed by atoms with Crippen LogP contribution in [0.5, 0.6) is 0 Å². The summed E-state index contributed by atoms with van der Waals surface area (Å²) in [5.41, 5.74) is 0.382. The summed E-state index contributed by atoms with van der Waals surface area (Å²) in [5, 5.41) is 13.5. The zero-order valence-corrected chi connectivity index (χ0v) is 12.3. The Hall–Kier alpha value is -0.930. The molecule has 2 rings (SSSR count). The zero-order valence-electron chi connectivity index (χ0n) is 12.3. The lowest BCUT2D eigenvalue weighted by atomic mass is 9.93. The molecule has 1 saturated carbocycles. The smallest absolute Gasteiger partial charge is 0.129 e. The summed E-state index contributed by atoms with van der Waals surface area (Å²) >= 11 is 0. The first-order valence-electron chi connectivity index (χ1n) is 7.84. The summed E-state index contributed by atoms with van der Waals surface area (Å²) in [6.45, 7) is 2.60. The first kappa shape index (κ1) is 15.5. The summed E-state index contributed by atoms with van der Waals surface area (Å²) in [4.78, 5) is 0. The number of rotatable bonds is 5. The lowest BCUT2D eigenvalue weighted by Crippen LogP contribution is -2.36. The van der Waals surface area contributed by atoms with E-state index in [0.717, 1.165) is 0 Å². The van der Waals surface area contributed by atoms with Gasteiger partial charge in [-0.05, 0) is 31.7 Å². The largest absolute Gasteiger partial charge is 0.387 e. The monoisotopic (exact) mass is 279 g/mol. The molecule has 0 saturated heterocycles. The lowest BCUT2D eigenvalue weighted by Gasteiger charge is -2.25. The van der Waals surface area contributed by atoms with E-state index in [1.54, 1.807) is 18.2 Å². The molecule has 0 amide bonds. The number of nitrogens with one attached hydrogen (secondary N) is 1. The van der Waals surface area contributed by atoms with Gasteiger partial charge < -0.3 is 10.4 Å². The van der Waals surface area contributed by atoms with E-state index in [4.69, 9.17) is 0 Å². The molecule has 0 heterocycles. The highest BCUT2D eigenvalue weighted by Crippen LogP contribution is 2.25. The van der Waals surface area contributed by atoms with Crippen LogP contribution < -0.4 is 5.32 Å². The van der Waals surface area contributed by atoms with Crippen LogP contribution in [0.4, 0.5) is 4.39 Å². The first-order valence-corrected chi connectivity index (χ1v) is 7.84. The van der Waals surface area contributed by atoms with Crippen LogP contribution in [-0.2, 0) is 0 Å². The van der Waals surface area contributed by atoms with Crippen LogP contribution >= 0.6 is 0 Å². The molecule has 112 valence electrons. The molecule has 2 nitrogen and oxygen atoms in total. The van der Waals surface area contributed by atoms with E-state index in [1.165, 1.54) is 44.6 Å². The maximum Gasteiger partial charge on any atom is 0.129 e. The second kappa shape index (κ2) is 7.75. The van der Waals surface area contributed by atoms with Crippen molar-refractivity contribution in [1.29, 1.82) is 0 Å². The van der Waals surface area contributed by atoms with Gasteiger partial charge >= 0.3 is 0 Å². The first-order chi connectivity index (χ1) is 9.68. The van der Waals surface area contributed by atoms with E-state index in [2.05, 4.69) is 12.2 Å². The van der Waals surface area contributed by atoms with Crippen molar-refractivity contribution in [2.24, 2.45) is 5.92 Å². The van der Waals surface area contributed by atoms with E-state index in [1.807, 2.05) is 0 Å². The van der Waals surface area contributed by atoms with Crippen LogP contribution in [0.2, 0.25) is 0 Å². The van der Waals surface area contributed by atoms with Crippen molar-refractivity contribution in [3.63, 3.8) is 0 Å². The van der Waals surface area contributed by atoms with E-state index < -0.39 is 6.10 Å². The molecule has 1 aliphatic carbocycles. The van der Waals surface area contributed by atoms with Gasteiger partial charge in [0.15, 0.2) is 0 Å². The fourth-order valence-corrected chi connectivity index (χ4v) is 3.13. The molecule has 0 aliphatic heterocycles. The maximum absolute atomic E-state index is 13.6. The number of hydrogen-bond acceptors (Lipinski definition) is 2. The summed E-state index contributed by atoms with van der Waals surface area (Å²) in [6.07, 6.45) is 7.08. The molecule has 1 aliphatic rings. The fraction of sp³-hybridized carbons (Fsp3) is 0.647. The minimum Gasteiger partial charge on any atom is -0.387 e. The van der Waals surface area contributed by atoms with Crippen LogP contribution in [0.1, 0.15) is 57.1 Å². The number of aliphatic hydroxyl groups excluding tert-OH is 1. The quantitative estimate of drug-likeness (QED) is 0.803. The molecule has 2 N–H and O–H groups in total. The van der Waals surface area contributed by atoms with E-state index >= 15 is 0 Å². The highest BCUT2D eigenvalue weighted by Gasteiger charge is 2.20. The second-order valence-corrected chi connectivity index (χ2v) is 5.99. The standard InChI is InChI=1S/C17H26FNO/c1-13(14-8-4-2-3-5-9-14)19-12-17(20)15-10-6-7-11-16(15)18/h6-7,10-11,13-14,17,19-20H,2-5,8-9,12H2,1H3/t13-,17?/m1/s1. The zero-order chi connectivity index (χ0) is 14.4. The summed E-state index contributed by atoms with van der Waals surface area (Å²) < 4.78 is 13.6. The van der Waals surface area contributed by atoms with Crippen LogP contribution in [0, 0.1) is 11.7 Å². The summed E-state index contributed by atoms with van der Waals surface area (Å²) in [6, 6.07) is 6.84. The topological polar surface area (TPSA) is 32.3 Å². The molecular formula is C17H26FNO. The summed E-state index contributed by atoms with van der Waals surface area (Å²) in [5.74, 6) is 0.356. The van der Waals surface area contributed by atoms with Gasteiger partial charge in [0.1, 0.15) is 5.82 Å². The SMILES string of the molecule is C[C@@H](NCC(O)c1ccccc1F)C1CCCCCC1. The van der Waals surface area contributed by atoms with Gasteiger partial charge in [-0.15, -0.1) is 0 Å². The Bertz CT molecular complexity index is 402. The Kier molecular flexibility index (Phi) is 5.99. The molecule has 0 bridgehead atoms. The minimum atomic E-state index is -0.774. The van der Waals surface area contributed by atoms with Crippen molar-refractivity contribution < 1.29 is 9.50 Å². The Balaban J connectivity index is 1.83. The Labute approximate surface area is 121 Å². The Morgan fingerprint density at radius 1 is 1.20 bits per heavy atom. The highest BCUT2D eigenvalue weighted by atomic mass is 19.1. The van der Waals surface area contributed by atoms with Crippen molar-refractivity contribution in [2.45, 2.75) is 57.6 Å². The van der Waals surface area contributed by atoms with E-state index in [9.17, 15) is 9.50 Å². The molecular weight excluding hydrogens is 253 g/mol. The van der Waals surface area contributed by atoms with Crippen molar-refractivity contribution >= 4 is 0 Å². The molecule has 1 aromatic carbocycles. The number of aliphatic hydroxyl groups is 1. The molecule has 0 radical (unpaired) electrons. The van der Waals surface area contributed by atoms with Crippen molar-refractivity contribution in [3.05, 3.63) is 35.6 Å². The number of benzene rings is 1. The molecule has 3 heteroatoms. The average Bonchev–Trinajstić information content (AvgIpc) is 2.74. The van der Waals surface area contributed by atoms with Gasteiger partial charge in [-0.25, -0.2) is 4.39 Å². The van der Waals surface area contributed by atoms with Gasteiger partial charge in [0, 0.05) is 18.2 Å². The average molecular weight is 279 g/mol. The van der Waals surface area contributed by atoms with E-state index in [-0.39, 0.29) is 5.82 Å². The van der Waals surface area contributed by atoms with Crippen molar-refractivity contribution in [2.75, 3.05) is 6.54 Å². The third-order valence-electron chi connectivity index (χ3n) is 4.50. The number of halogens is 1. The lowest BCUT2D eigenvalue weighted by molar-refractivity contribution is 0.159. The van der Waals surface area contributed by atoms with Gasteiger partial charge in [0.05, 0.1) is 6.10 Å². The number of hydrogen-bond donors (Lipinski definition) is 2. The van der Waals surface area contributed by atoms with Crippen molar-refractivity contribution in [3.8, 4) is 0 Å². The molecule has 1 unspecified atom stereocenters. The molecule has 0 spiro atoms. The molecule has 20 heavy (non-hydrogen) atoms. The normalized spacial score (nSPS) is 20.4. The summed E-state index contributed by atoms with van der Waals surface area (Å²) in [7, 11) is 0. The van der Waals surface area contributed by atoms with Gasteiger partial charge in [-0.3, -0.25) is 0 Å². The Morgan fingerprint density at radius 3 is 2.50 bits per heavy atom. The molecule has 0 aromatic heterocycles. The third-order valence-corrected chi connectivity index (χ3v) is 4.50. The second-order valence-electron chi connectivity index (χ2n) is 5.99. The van der Waals surface area contributed by atoms with Crippen LogP contribution in [0.15, 0.2) is 24.3 Å². The molecule has 1 aromatic rings. The van der Waals surface area contributed by atoms with Gasteiger partial charge in [0.2, 0.25) is 0 Å². The molecule has 1 fully saturated rings. The van der Waals surface area contributed by atoms with Gasteiger partial charge in [-0.1, -0.05) is 43.9 Å². The van der Waals surface area contributed by atoms with Crippen LogP contribution in [0.3, 0.4) is 0 Å². The van der Waals surface area contributed by atoms with Gasteiger partial charge in [0.25, 0.3) is 0 Å². The predicted octanol–water partition coefficient (Wildman–Crippen LogP) is 3.81. The van der Waals surface area contributed by atoms with Crippen LogP contribution in [-0.4, -0.2) is 17.7 Å². The van der Waals surface area contributed by atoms with E-state index in [0.29, 0.717) is 24.1 Å². The van der Waals surface area contributed by atoms with Crippen molar-refractivity contribution in [1.82, 2.24) is 5.32 Å².